The molecule has 5 nitrogen and oxygen atoms in total. The molecule has 4 atom stereocenters. The number of amides is 1. The predicted molar refractivity (Wildman–Crippen MR) is 83.0 cm³/mol. The lowest BCUT2D eigenvalue weighted by atomic mass is 9.69. The van der Waals surface area contributed by atoms with Gasteiger partial charge in [-0.15, -0.1) is 0 Å². The molecule has 1 heterocycles. The van der Waals surface area contributed by atoms with Crippen molar-refractivity contribution in [1.82, 2.24) is 10.6 Å². The van der Waals surface area contributed by atoms with E-state index in [0.717, 1.165) is 19.3 Å². The third-order valence-corrected chi connectivity index (χ3v) is 5.23. The van der Waals surface area contributed by atoms with E-state index in [2.05, 4.69) is 51.8 Å². The van der Waals surface area contributed by atoms with E-state index in [1.807, 2.05) is 0 Å². The minimum atomic E-state index is -1.27. The Bertz CT molecular complexity index is 449. The van der Waals surface area contributed by atoms with Crippen LogP contribution >= 0.6 is 0 Å². The maximum atomic E-state index is 12.0. The van der Waals surface area contributed by atoms with Crippen LogP contribution < -0.4 is 10.6 Å². The third-order valence-electron chi connectivity index (χ3n) is 5.23. The third kappa shape index (κ3) is 3.64. The van der Waals surface area contributed by atoms with E-state index >= 15 is 0 Å². The van der Waals surface area contributed by atoms with E-state index in [4.69, 9.17) is 5.11 Å². The van der Waals surface area contributed by atoms with Crippen LogP contribution in [0.25, 0.3) is 0 Å². The van der Waals surface area contributed by atoms with Gasteiger partial charge >= 0.3 is 5.97 Å². The molecule has 0 aliphatic carbocycles. The molecule has 0 aromatic rings. The van der Waals surface area contributed by atoms with Crippen molar-refractivity contribution in [3.63, 3.8) is 0 Å². The molecule has 0 radical (unpaired) electrons. The van der Waals surface area contributed by atoms with Gasteiger partial charge in [-0.3, -0.25) is 4.79 Å². The maximum Gasteiger partial charge on any atom is 0.340 e. The van der Waals surface area contributed by atoms with E-state index in [9.17, 15) is 9.59 Å². The average Bonchev–Trinajstić information content (AvgIpc) is 2.43. The zero-order chi connectivity index (χ0) is 16.4. The van der Waals surface area contributed by atoms with Crippen molar-refractivity contribution in [3.05, 3.63) is 12.2 Å². The molecule has 4 unspecified atom stereocenters. The maximum absolute atomic E-state index is 12.0. The summed E-state index contributed by atoms with van der Waals surface area (Å²) in [5.41, 5.74) is -0.567. The Morgan fingerprint density at radius 3 is 2.33 bits per heavy atom. The summed E-state index contributed by atoms with van der Waals surface area (Å²) >= 11 is 0. The molecule has 21 heavy (non-hydrogen) atoms. The number of aliphatic carboxylic acids is 1. The Kier molecular flexibility index (Phi) is 5.20. The number of hydrogen-bond donors (Lipinski definition) is 3. The Morgan fingerprint density at radius 2 is 1.90 bits per heavy atom. The molecule has 5 heteroatoms. The van der Waals surface area contributed by atoms with Crippen LogP contribution in [0.3, 0.4) is 0 Å². The van der Waals surface area contributed by atoms with Crippen molar-refractivity contribution >= 4 is 11.9 Å². The van der Waals surface area contributed by atoms with E-state index in [0.29, 0.717) is 0 Å². The number of carboxylic acids is 1. The van der Waals surface area contributed by atoms with E-state index in [1.54, 1.807) is 0 Å². The van der Waals surface area contributed by atoms with Crippen LogP contribution in [-0.4, -0.2) is 34.1 Å². The van der Waals surface area contributed by atoms with Crippen molar-refractivity contribution < 1.29 is 14.7 Å². The molecule has 0 spiro atoms. The molecule has 0 saturated carbocycles. The number of piperidine rings is 1. The van der Waals surface area contributed by atoms with Crippen LogP contribution in [0.1, 0.15) is 53.9 Å². The number of rotatable bonds is 5. The number of carbonyl (C=O) groups excluding carboxylic acids is 1. The molecule has 0 aromatic heterocycles. The lowest BCUT2D eigenvalue weighted by Crippen LogP contribution is -2.68. The fourth-order valence-corrected chi connectivity index (χ4v) is 3.13. The molecular weight excluding hydrogens is 268 g/mol. The molecule has 120 valence electrons. The normalized spacial score (nSPS) is 36.0. The largest absolute Gasteiger partial charge is 0.478 e. The van der Waals surface area contributed by atoms with Gasteiger partial charge in [0.25, 0.3) is 5.91 Å². The highest BCUT2D eigenvalue weighted by atomic mass is 16.4. The fourth-order valence-electron chi connectivity index (χ4n) is 3.13. The van der Waals surface area contributed by atoms with E-state index in [-0.39, 0.29) is 23.0 Å². The zero-order valence-corrected chi connectivity index (χ0v) is 13.7. The highest BCUT2D eigenvalue weighted by Crippen LogP contribution is 2.37. The summed E-state index contributed by atoms with van der Waals surface area (Å²) in [5, 5.41) is 15.5. The summed E-state index contributed by atoms with van der Waals surface area (Å²) in [6.45, 7) is 14.0. The average molecular weight is 296 g/mol. The summed E-state index contributed by atoms with van der Waals surface area (Å²) in [7, 11) is 0. The van der Waals surface area contributed by atoms with Gasteiger partial charge < -0.3 is 15.7 Å². The van der Waals surface area contributed by atoms with Gasteiger partial charge in [-0.25, -0.2) is 4.79 Å². The number of hydrogen-bond acceptors (Lipinski definition) is 3. The van der Waals surface area contributed by atoms with Crippen molar-refractivity contribution in [1.29, 1.82) is 0 Å². The molecular formula is C16H28N2O3. The van der Waals surface area contributed by atoms with Gasteiger partial charge in [0.15, 0.2) is 0 Å². The first-order valence-electron chi connectivity index (χ1n) is 7.61. The first kappa shape index (κ1) is 17.7. The minimum absolute atomic E-state index is 0.0650. The summed E-state index contributed by atoms with van der Waals surface area (Å²) in [4.78, 5) is 22.8. The first-order valence-corrected chi connectivity index (χ1v) is 7.61. The molecule has 3 N–H and O–H groups in total. The van der Waals surface area contributed by atoms with Gasteiger partial charge in [-0.05, 0) is 39.0 Å². The van der Waals surface area contributed by atoms with Crippen LogP contribution in [0.5, 0.6) is 0 Å². The van der Waals surface area contributed by atoms with Crippen molar-refractivity contribution in [2.75, 3.05) is 0 Å². The molecule has 0 bridgehead atoms. The van der Waals surface area contributed by atoms with E-state index in [1.165, 1.54) is 0 Å². The van der Waals surface area contributed by atoms with Gasteiger partial charge in [0.2, 0.25) is 0 Å². The van der Waals surface area contributed by atoms with Crippen molar-refractivity contribution in [2.45, 2.75) is 71.0 Å². The Morgan fingerprint density at radius 1 is 1.33 bits per heavy atom. The zero-order valence-electron chi connectivity index (χ0n) is 13.7. The Hall–Kier alpha value is -1.36. The summed E-state index contributed by atoms with van der Waals surface area (Å²) in [6, 6.07) is -0.0650. The van der Waals surface area contributed by atoms with Crippen molar-refractivity contribution in [3.8, 4) is 0 Å². The van der Waals surface area contributed by atoms with Crippen LogP contribution in [-0.2, 0) is 9.59 Å². The monoisotopic (exact) mass is 296 g/mol. The quantitative estimate of drug-likeness (QED) is 0.412. The second kappa shape index (κ2) is 6.18. The van der Waals surface area contributed by atoms with Crippen LogP contribution in [0.15, 0.2) is 12.2 Å². The van der Waals surface area contributed by atoms with Crippen LogP contribution in [0, 0.1) is 5.92 Å². The number of carbonyl (C=O) groups is 2. The summed E-state index contributed by atoms with van der Waals surface area (Å²) < 4.78 is 0. The lowest BCUT2D eigenvalue weighted by Gasteiger charge is -2.53. The van der Waals surface area contributed by atoms with Gasteiger partial charge in [0.05, 0.1) is 0 Å². The minimum Gasteiger partial charge on any atom is -0.478 e. The smallest absolute Gasteiger partial charge is 0.340 e. The summed E-state index contributed by atoms with van der Waals surface area (Å²) in [5.74, 6) is -1.66. The van der Waals surface area contributed by atoms with E-state index < -0.39 is 17.4 Å². The topological polar surface area (TPSA) is 78.4 Å². The summed E-state index contributed by atoms with van der Waals surface area (Å²) in [6.07, 6.45) is 2.66. The number of nitrogens with one attached hydrogen (secondary N) is 2. The van der Waals surface area contributed by atoms with Crippen LogP contribution in [0.4, 0.5) is 0 Å². The van der Waals surface area contributed by atoms with Crippen molar-refractivity contribution in [2.24, 2.45) is 5.92 Å². The molecule has 1 saturated heterocycles. The molecule has 1 aliphatic heterocycles. The molecule has 0 aromatic carbocycles. The SMILES string of the molecule is C=C(C(=O)O)C(=O)NC1CC(C)(CC)NC(C)(CC)C1C. The number of carboxylic acid groups (broad SMARTS) is 1. The second-order valence-electron chi connectivity index (χ2n) is 6.67. The van der Waals surface area contributed by atoms with Gasteiger partial charge in [0, 0.05) is 17.1 Å². The molecule has 1 amide bonds. The van der Waals surface area contributed by atoms with Crippen LogP contribution in [0.2, 0.25) is 0 Å². The van der Waals surface area contributed by atoms with Gasteiger partial charge in [-0.2, -0.15) is 0 Å². The highest BCUT2D eigenvalue weighted by Gasteiger charge is 2.46. The Labute approximate surface area is 127 Å². The highest BCUT2D eigenvalue weighted by molar-refractivity contribution is 6.15. The molecule has 1 aliphatic rings. The molecule has 1 fully saturated rings. The van der Waals surface area contributed by atoms with Gasteiger partial charge in [-0.1, -0.05) is 27.4 Å². The standard InChI is InChI=1S/C16H28N2O3/c1-7-15(5)9-12(11(4)16(6,8-2)18-15)17-13(19)10(3)14(20)21/h11-12,18H,3,7-9H2,1-2,4-6H3,(H,17,19)(H,20,21). The first-order chi connectivity index (χ1) is 9.58. The lowest BCUT2D eigenvalue weighted by molar-refractivity contribution is -0.135. The molecule has 1 rings (SSSR count). The Balaban J connectivity index is 2.96. The fraction of sp³-hybridized carbons (Fsp3) is 0.750. The predicted octanol–water partition coefficient (Wildman–Crippen LogP) is 2.08. The van der Waals surface area contributed by atoms with Gasteiger partial charge in [0.1, 0.15) is 5.57 Å². The second-order valence-corrected chi connectivity index (χ2v) is 6.67.